The van der Waals surface area contributed by atoms with Crippen LogP contribution in [0.5, 0.6) is 0 Å². The predicted molar refractivity (Wildman–Crippen MR) is 103 cm³/mol. The fraction of sp³-hybridized carbons (Fsp3) is 0.333. The van der Waals surface area contributed by atoms with Gasteiger partial charge in [-0.2, -0.15) is 0 Å². The van der Waals surface area contributed by atoms with Gasteiger partial charge in [0.2, 0.25) is 15.9 Å². The Morgan fingerprint density at radius 2 is 1.96 bits per heavy atom. The van der Waals surface area contributed by atoms with Gasteiger partial charge in [-0.3, -0.25) is 4.79 Å². The molecule has 8 heteroatoms. The number of anilines is 1. The lowest BCUT2D eigenvalue weighted by atomic mass is 10.2. The lowest BCUT2D eigenvalue weighted by molar-refractivity contribution is -0.117. The predicted octanol–water partition coefficient (Wildman–Crippen LogP) is 2.40. The Morgan fingerprint density at radius 1 is 1.23 bits per heavy atom. The SMILES string of the molecule is C[C@@H](Sc1ccc(S(=O)(=O)N(C)C)cn1)C(=O)N1CCc2ccccc21. The molecule has 0 bridgehead atoms. The van der Waals surface area contributed by atoms with Gasteiger partial charge in [0.05, 0.1) is 10.3 Å². The largest absolute Gasteiger partial charge is 0.311 e. The zero-order chi connectivity index (χ0) is 18.9. The van der Waals surface area contributed by atoms with Gasteiger partial charge in [-0.25, -0.2) is 17.7 Å². The third kappa shape index (κ3) is 3.62. The fourth-order valence-corrected chi connectivity index (χ4v) is 4.52. The van der Waals surface area contributed by atoms with Crippen molar-refractivity contribution in [1.29, 1.82) is 0 Å². The molecule has 0 unspecified atom stereocenters. The van der Waals surface area contributed by atoms with Crippen LogP contribution in [0, 0.1) is 0 Å². The zero-order valence-electron chi connectivity index (χ0n) is 14.9. The minimum absolute atomic E-state index is 0.0340. The molecule has 1 atom stereocenters. The molecule has 0 fully saturated rings. The highest BCUT2D eigenvalue weighted by atomic mass is 32.2. The molecule has 0 saturated heterocycles. The maximum atomic E-state index is 12.8. The van der Waals surface area contributed by atoms with Crippen LogP contribution in [0.3, 0.4) is 0 Å². The van der Waals surface area contributed by atoms with E-state index in [1.54, 1.807) is 6.07 Å². The van der Waals surface area contributed by atoms with Crippen LogP contribution < -0.4 is 4.90 Å². The van der Waals surface area contributed by atoms with Gasteiger partial charge in [0, 0.05) is 32.5 Å². The van der Waals surface area contributed by atoms with Gasteiger partial charge >= 0.3 is 0 Å². The number of pyridine rings is 1. The summed E-state index contributed by atoms with van der Waals surface area (Å²) in [4.78, 5) is 19.0. The Morgan fingerprint density at radius 3 is 2.62 bits per heavy atom. The molecule has 1 amide bonds. The van der Waals surface area contributed by atoms with Crippen molar-refractivity contribution >= 4 is 33.4 Å². The number of nitrogens with zero attached hydrogens (tertiary/aromatic N) is 3. The second-order valence-electron chi connectivity index (χ2n) is 6.25. The van der Waals surface area contributed by atoms with Gasteiger partial charge in [-0.05, 0) is 37.1 Å². The Hall–Kier alpha value is -1.90. The Bertz CT molecular complexity index is 912. The van der Waals surface area contributed by atoms with E-state index >= 15 is 0 Å². The van der Waals surface area contributed by atoms with E-state index in [9.17, 15) is 13.2 Å². The number of hydrogen-bond acceptors (Lipinski definition) is 5. The van der Waals surface area contributed by atoms with Crippen LogP contribution in [-0.2, 0) is 21.2 Å². The number of carbonyl (C=O) groups excluding carboxylic acids is 1. The monoisotopic (exact) mass is 391 g/mol. The summed E-state index contributed by atoms with van der Waals surface area (Å²) in [6.45, 7) is 2.54. The van der Waals surface area contributed by atoms with Crippen LogP contribution >= 0.6 is 11.8 Å². The highest BCUT2D eigenvalue weighted by Crippen LogP contribution is 2.31. The van der Waals surface area contributed by atoms with Crippen molar-refractivity contribution in [1.82, 2.24) is 9.29 Å². The quantitative estimate of drug-likeness (QED) is 0.732. The second kappa shape index (κ2) is 7.38. The molecule has 2 heterocycles. The first-order valence-electron chi connectivity index (χ1n) is 8.25. The summed E-state index contributed by atoms with van der Waals surface area (Å²) in [5, 5.41) is 0.306. The molecule has 1 aliphatic heterocycles. The standard InChI is InChI=1S/C18H21N3O3S2/c1-13(18(22)21-11-10-14-6-4-5-7-16(14)21)25-17-9-8-15(12-19-17)26(23,24)20(2)3/h4-9,12-13H,10-11H2,1-3H3/t13-/m1/s1. The van der Waals surface area contributed by atoms with E-state index in [1.165, 1.54) is 43.7 Å². The van der Waals surface area contributed by atoms with E-state index < -0.39 is 10.0 Å². The second-order valence-corrected chi connectivity index (χ2v) is 9.76. The highest BCUT2D eigenvalue weighted by Gasteiger charge is 2.28. The van der Waals surface area contributed by atoms with Crippen molar-refractivity contribution in [2.45, 2.75) is 28.5 Å². The van der Waals surface area contributed by atoms with Crippen molar-refractivity contribution < 1.29 is 13.2 Å². The number of benzene rings is 1. The van der Waals surface area contributed by atoms with E-state index in [0.29, 0.717) is 11.6 Å². The molecule has 0 spiro atoms. The molecular formula is C18H21N3O3S2. The van der Waals surface area contributed by atoms with Gasteiger partial charge in [-0.1, -0.05) is 30.0 Å². The van der Waals surface area contributed by atoms with Crippen molar-refractivity contribution in [2.24, 2.45) is 0 Å². The summed E-state index contributed by atoms with van der Waals surface area (Å²) < 4.78 is 25.3. The fourth-order valence-electron chi connectivity index (χ4n) is 2.82. The van der Waals surface area contributed by atoms with E-state index in [-0.39, 0.29) is 16.1 Å². The van der Waals surface area contributed by atoms with Gasteiger partial charge in [-0.15, -0.1) is 0 Å². The van der Waals surface area contributed by atoms with Crippen molar-refractivity contribution in [2.75, 3.05) is 25.5 Å². The van der Waals surface area contributed by atoms with Gasteiger partial charge in [0.15, 0.2) is 0 Å². The summed E-state index contributed by atoms with van der Waals surface area (Å²) in [5.41, 5.74) is 2.17. The number of para-hydroxylation sites is 1. The average molecular weight is 392 g/mol. The normalized spacial score (nSPS) is 15.2. The summed E-state index contributed by atoms with van der Waals surface area (Å²) in [6, 6.07) is 11.1. The number of thioether (sulfide) groups is 1. The highest BCUT2D eigenvalue weighted by molar-refractivity contribution is 8.00. The van der Waals surface area contributed by atoms with Crippen LogP contribution in [0.15, 0.2) is 52.5 Å². The number of aromatic nitrogens is 1. The molecule has 1 aliphatic rings. The molecule has 2 aromatic rings. The minimum atomic E-state index is -3.50. The number of carbonyl (C=O) groups is 1. The van der Waals surface area contributed by atoms with E-state index in [4.69, 9.17) is 0 Å². The van der Waals surface area contributed by atoms with Gasteiger partial charge in [0.25, 0.3) is 0 Å². The maximum absolute atomic E-state index is 12.8. The van der Waals surface area contributed by atoms with E-state index in [0.717, 1.165) is 16.4 Å². The van der Waals surface area contributed by atoms with Crippen LogP contribution in [0.4, 0.5) is 5.69 Å². The van der Waals surface area contributed by atoms with Gasteiger partial charge in [0.1, 0.15) is 4.90 Å². The molecule has 0 aliphatic carbocycles. The Balaban J connectivity index is 1.71. The molecule has 26 heavy (non-hydrogen) atoms. The van der Waals surface area contributed by atoms with Crippen molar-refractivity contribution in [3.8, 4) is 0 Å². The summed E-state index contributed by atoms with van der Waals surface area (Å²) >= 11 is 1.33. The minimum Gasteiger partial charge on any atom is -0.311 e. The summed E-state index contributed by atoms with van der Waals surface area (Å²) in [5.74, 6) is 0.0340. The third-order valence-corrected chi connectivity index (χ3v) is 7.12. The van der Waals surface area contributed by atoms with Crippen molar-refractivity contribution in [3.63, 3.8) is 0 Å². The number of amides is 1. The van der Waals surface area contributed by atoms with Gasteiger partial charge < -0.3 is 4.90 Å². The number of fused-ring (bicyclic) bond motifs is 1. The average Bonchev–Trinajstić information content (AvgIpc) is 3.05. The van der Waals surface area contributed by atoms with Crippen LogP contribution in [0.2, 0.25) is 0 Å². The lowest BCUT2D eigenvalue weighted by Gasteiger charge is -2.21. The lowest BCUT2D eigenvalue weighted by Crippen LogP contribution is -2.35. The molecule has 1 aromatic heterocycles. The molecule has 0 saturated carbocycles. The molecule has 6 nitrogen and oxygen atoms in total. The smallest absolute Gasteiger partial charge is 0.244 e. The topological polar surface area (TPSA) is 70.6 Å². The summed E-state index contributed by atoms with van der Waals surface area (Å²) in [7, 11) is -0.541. The molecule has 0 radical (unpaired) electrons. The first-order valence-corrected chi connectivity index (χ1v) is 10.6. The summed E-state index contributed by atoms with van der Waals surface area (Å²) in [6.07, 6.45) is 2.20. The third-order valence-electron chi connectivity index (χ3n) is 4.29. The number of rotatable bonds is 5. The first kappa shape index (κ1) is 18.9. The molecule has 138 valence electrons. The first-order chi connectivity index (χ1) is 12.3. The van der Waals surface area contributed by atoms with E-state index in [1.807, 2.05) is 36.1 Å². The van der Waals surface area contributed by atoms with Crippen molar-refractivity contribution in [3.05, 3.63) is 48.2 Å². The van der Waals surface area contributed by atoms with Crippen LogP contribution in [-0.4, -0.2) is 49.5 Å². The maximum Gasteiger partial charge on any atom is 0.244 e. The van der Waals surface area contributed by atoms with Crippen LogP contribution in [0.25, 0.3) is 0 Å². The zero-order valence-corrected chi connectivity index (χ0v) is 16.5. The van der Waals surface area contributed by atoms with E-state index in [2.05, 4.69) is 4.98 Å². The number of hydrogen-bond donors (Lipinski definition) is 0. The molecular weight excluding hydrogens is 370 g/mol. The molecule has 3 rings (SSSR count). The Kier molecular flexibility index (Phi) is 5.36. The Labute approximate surface area is 158 Å². The molecule has 0 N–H and O–H groups in total. The molecule has 1 aromatic carbocycles. The van der Waals surface area contributed by atoms with Crippen LogP contribution in [0.1, 0.15) is 12.5 Å². The number of sulfonamides is 1.